The quantitative estimate of drug-likeness (QED) is 0.651. The van der Waals surface area contributed by atoms with Crippen molar-refractivity contribution in [3.63, 3.8) is 0 Å². The third-order valence-electron chi connectivity index (χ3n) is 4.14. The summed E-state index contributed by atoms with van der Waals surface area (Å²) in [6.45, 7) is 1.73. The molecule has 2 aromatic rings. The van der Waals surface area contributed by atoms with E-state index in [9.17, 15) is 19.3 Å². The molecule has 3 rings (SSSR count). The molecule has 2 amide bonds. The Labute approximate surface area is 154 Å². The Morgan fingerprint density at radius 2 is 1.77 bits per heavy atom. The Balaban J connectivity index is 1.63. The van der Waals surface area contributed by atoms with Gasteiger partial charge in [0.05, 0.1) is 4.92 Å². The zero-order chi connectivity index (χ0) is 18.7. The van der Waals surface area contributed by atoms with Crippen LogP contribution in [0.3, 0.4) is 0 Å². The predicted molar refractivity (Wildman–Crippen MR) is 97.3 cm³/mol. The number of urea groups is 1. The van der Waals surface area contributed by atoms with Crippen molar-refractivity contribution in [2.45, 2.75) is 0 Å². The second-order valence-electron chi connectivity index (χ2n) is 5.80. The number of nitro benzene ring substituents is 1. The number of nitrogens with one attached hydrogen (secondary N) is 1. The number of carbonyl (C=O) groups is 1. The summed E-state index contributed by atoms with van der Waals surface area (Å²) in [5, 5.41) is 14.2. The van der Waals surface area contributed by atoms with Crippen molar-refractivity contribution in [1.82, 2.24) is 4.90 Å². The standard InChI is InChI=1S/C17H16ClFN4O3/c18-12-1-6-15(16(11-12)23(25)26)21-7-9-22(10-8-21)17(24)20-14-4-2-13(19)3-5-14/h1-6,11H,7-10H2,(H,20,24). The van der Waals surface area contributed by atoms with Crippen LogP contribution in [0.1, 0.15) is 0 Å². The monoisotopic (exact) mass is 378 g/mol. The number of benzene rings is 2. The third-order valence-corrected chi connectivity index (χ3v) is 4.37. The lowest BCUT2D eigenvalue weighted by atomic mass is 10.2. The summed E-state index contributed by atoms with van der Waals surface area (Å²) < 4.78 is 12.9. The summed E-state index contributed by atoms with van der Waals surface area (Å²) in [6, 6.07) is 9.78. The molecule has 0 spiro atoms. The minimum atomic E-state index is -0.463. The summed E-state index contributed by atoms with van der Waals surface area (Å²) in [6.07, 6.45) is 0. The molecule has 1 N–H and O–H groups in total. The van der Waals surface area contributed by atoms with Gasteiger partial charge in [-0.1, -0.05) is 11.6 Å². The highest BCUT2D eigenvalue weighted by atomic mass is 35.5. The van der Waals surface area contributed by atoms with Gasteiger partial charge in [-0.2, -0.15) is 0 Å². The number of carbonyl (C=O) groups excluding carboxylic acids is 1. The van der Waals surface area contributed by atoms with Crippen molar-refractivity contribution in [2.75, 3.05) is 36.4 Å². The summed E-state index contributed by atoms with van der Waals surface area (Å²) >= 11 is 5.84. The molecular weight excluding hydrogens is 363 g/mol. The van der Waals surface area contributed by atoms with Crippen LogP contribution in [0.25, 0.3) is 0 Å². The van der Waals surface area contributed by atoms with Crippen molar-refractivity contribution in [1.29, 1.82) is 0 Å². The molecule has 0 saturated carbocycles. The Morgan fingerprint density at radius 3 is 2.38 bits per heavy atom. The van der Waals surface area contributed by atoms with Gasteiger partial charge in [0.2, 0.25) is 0 Å². The van der Waals surface area contributed by atoms with Crippen molar-refractivity contribution in [3.8, 4) is 0 Å². The number of amides is 2. The second-order valence-corrected chi connectivity index (χ2v) is 6.24. The molecule has 1 fully saturated rings. The van der Waals surface area contributed by atoms with Crippen molar-refractivity contribution in [3.05, 3.63) is 63.4 Å². The van der Waals surface area contributed by atoms with Crippen LogP contribution in [0.2, 0.25) is 5.02 Å². The summed E-state index contributed by atoms with van der Waals surface area (Å²) in [4.78, 5) is 26.5. The van der Waals surface area contributed by atoms with E-state index in [1.54, 1.807) is 17.0 Å². The number of nitro groups is 1. The Kier molecular flexibility index (Phi) is 5.22. The Hall–Kier alpha value is -2.87. The number of piperazine rings is 1. The summed E-state index contributed by atoms with van der Waals surface area (Å²) in [5.41, 5.74) is 0.937. The van der Waals surface area contributed by atoms with E-state index in [1.165, 1.54) is 30.3 Å². The summed E-state index contributed by atoms with van der Waals surface area (Å²) in [7, 11) is 0. The van der Waals surface area contributed by atoms with E-state index in [1.807, 2.05) is 4.90 Å². The number of hydrogen-bond acceptors (Lipinski definition) is 4. The first-order valence-electron chi connectivity index (χ1n) is 7.94. The maximum Gasteiger partial charge on any atom is 0.321 e. The van der Waals surface area contributed by atoms with E-state index < -0.39 is 4.92 Å². The van der Waals surface area contributed by atoms with Gasteiger partial charge in [-0.3, -0.25) is 10.1 Å². The van der Waals surface area contributed by atoms with Crippen molar-refractivity contribution in [2.24, 2.45) is 0 Å². The number of halogens is 2. The van der Waals surface area contributed by atoms with Crippen LogP contribution in [0.4, 0.5) is 26.2 Å². The molecule has 0 aromatic heterocycles. The van der Waals surface area contributed by atoms with Crippen molar-refractivity contribution < 1.29 is 14.1 Å². The van der Waals surface area contributed by atoms with Gasteiger partial charge in [-0.15, -0.1) is 0 Å². The molecule has 2 aromatic carbocycles. The normalized spacial score (nSPS) is 14.2. The number of rotatable bonds is 3. The molecular formula is C17H16ClFN4O3. The maximum atomic E-state index is 12.9. The van der Waals surface area contributed by atoms with Gasteiger partial charge < -0.3 is 15.1 Å². The first-order valence-corrected chi connectivity index (χ1v) is 8.32. The largest absolute Gasteiger partial charge is 0.362 e. The van der Waals surface area contributed by atoms with E-state index in [0.717, 1.165) is 0 Å². The second kappa shape index (κ2) is 7.57. The third kappa shape index (κ3) is 4.02. The zero-order valence-electron chi connectivity index (χ0n) is 13.7. The van der Waals surface area contributed by atoms with Crippen LogP contribution in [0, 0.1) is 15.9 Å². The van der Waals surface area contributed by atoms with Gasteiger partial charge in [0.25, 0.3) is 5.69 Å². The number of hydrogen-bond donors (Lipinski definition) is 1. The van der Waals surface area contributed by atoms with E-state index in [0.29, 0.717) is 42.6 Å². The molecule has 0 radical (unpaired) electrons. The summed E-state index contributed by atoms with van der Waals surface area (Å²) in [5.74, 6) is -0.374. The van der Waals surface area contributed by atoms with Crippen LogP contribution < -0.4 is 10.2 Å². The molecule has 136 valence electrons. The van der Waals surface area contributed by atoms with Gasteiger partial charge in [0, 0.05) is 43.0 Å². The average molecular weight is 379 g/mol. The lowest BCUT2D eigenvalue weighted by molar-refractivity contribution is -0.384. The molecule has 9 heteroatoms. The molecule has 1 saturated heterocycles. The minimum Gasteiger partial charge on any atom is -0.362 e. The SMILES string of the molecule is O=C(Nc1ccc(F)cc1)N1CCN(c2ccc(Cl)cc2[N+](=O)[O-])CC1. The number of anilines is 2. The molecule has 0 atom stereocenters. The van der Waals surface area contributed by atoms with Gasteiger partial charge in [-0.05, 0) is 36.4 Å². The molecule has 0 unspecified atom stereocenters. The highest BCUT2D eigenvalue weighted by Crippen LogP contribution is 2.31. The molecule has 7 nitrogen and oxygen atoms in total. The molecule has 0 bridgehead atoms. The molecule has 1 aliphatic rings. The van der Waals surface area contributed by atoms with Crippen LogP contribution in [0.15, 0.2) is 42.5 Å². The van der Waals surface area contributed by atoms with Gasteiger partial charge in [0.1, 0.15) is 11.5 Å². The van der Waals surface area contributed by atoms with E-state index in [2.05, 4.69) is 5.32 Å². The fourth-order valence-electron chi connectivity index (χ4n) is 2.80. The van der Waals surface area contributed by atoms with E-state index in [4.69, 9.17) is 11.6 Å². The van der Waals surface area contributed by atoms with Gasteiger partial charge >= 0.3 is 6.03 Å². The van der Waals surface area contributed by atoms with Crippen LogP contribution in [-0.4, -0.2) is 42.0 Å². The first kappa shape index (κ1) is 17.9. The first-order chi connectivity index (χ1) is 12.4. The maximum absolute atomic E-state index is 12.9. The molecule has 1 aliphatic heterocycles. The highest BCUT2D eigenvalue weighted by Gasteiger charge is 2.26. The zero-order valence-corrected chi connectivity index (χ0v) is 14.4. The van der Waals surface area contributed by atoms with E-state index in [-0.39, 0.29) is 17.5 Å². The van der Waals surface area contributed by atoms with Crippen LogP contribution in [0.5, 0.6) is 0 Å². The topological polar surface area (TPSA) is 78.7 Å². The lowest BCUT2D eigenvalue weighted by Gasteiger charge is -2.35. The Morgan fingerprint density at radius 1 is 1.12 bits per heavy atom. The van der Waals surface area contributed by atoms with Crippen LogP contribution >= 0.6 is 11.6 Å². The molecule has 26 heavy (non-hydrogen) atoms. The lowest BCUT2D eigenvalue weighted by Crippen LogP contribution is -2.50. The molecule has 1 heterocycles. The predicted octanol–water partition coefficient (Wildman–Crippen LogP) is 3.74. The fourth-order valence-corrected chi connectivity index (χ4v) is 2.96. The molecule has 0 aliphatic carbocycles. The average Bonchev–Trinajstić information content (AvgIpc) is 2.63. The van der Waals surface area contributed by atoms with Crippen LogP contribution in [-0.2, 0) is 0 Å². The Bertz CT molecular complexity index is 823. The fraction of sp³-hybridized carbons (Fsp3) is 0.235. The number of nitrogens with zero attached hydrogens (tertiary/aromatic N) is 3. The van der Waals surface area contributed by atoms with Gasteiger partial charge in [-0.25, -0.2) is 9.18 Å². The highest BCUT2D eigenvalue weighted by molar-refractivity contribution is 6.30. The van der Waals surface area contributed by atoms with Gasteiger partial charge in [0.15, 0.2) is 0 Å². The minimum absolute atomic E-state index is 0.0540. The smallest absolute Gasteiger partial charge is 0.321 e. The van der Waals surface area contributed by atoms with Crippen molar-refractivity contribution >= 4 is 34.7 Å². The van der Waals surface area contributed by atoms with E-state index >= 15 is 0 Å².